The Bertz CT molecular complexity index is 176. The second-order valence-corrected chi connectivity index (χ2v) is 4.76. The Morgan fingerprint density at radius 1 is 0.706 bits per heavy atom. The first kappa shape index (κ1) is 16.5. The molecule has 0 N–H and O–H groups in total. The Balaban J connectivity index is 3.15. The van der Waals surface area contributed by atoms with Crippen LogP contribution in [0.5, 0.6) is 0 Å². The van der Waals surface area contributed by atoms with Crippen LogP contribution >= 0.6 is 0 Å². The lowest BCUT2D eigenvalue weighted by Gasteiger charge is -1.95. The Morgan fingerprint density at radius 2 is 1.24 bits per heavy atom. The Morgan fingerprint density at radius 3 is 1.76 bits per heavy atom. The third kappa shape index (κ3) is 15.5. The molecule has 0 bridgehead atoms. The van der Waals surface area contributed by atoms with Gasteiger partial charge in [0.05, 0.1) is 0 Å². The van der Waals surface area contributed by atoms with Gasteiger partial charge in [0.25, 0.3) is 0 Å². The van der Waals surface area contributed by atoms with Gasteiger partial charge in [-0.05, 0) is 25.7 Å². The van der Waals surface area contributed by atoms with E-state index in [1.807, 2.05) is 0 Å². The predicted molar refractivity (Wildman–Crippen MR) is 80.1 cm³/mol. The largest absolute Gasteiger partial charge is 0.0845 e. The molecule has 0 unspecified atom stereocenters. The first-order chi connectivity index (χ1) is 8.41. The molecule has 0 heteroatoms. The van der Waals surface area contributed by atoms with Gasteiger partial charge in [0.2, 0.25) is 0 Å². The van der Waals surface area contributed by atoms with Gasteiger partial charge in [-0.15, -0.1) is 0 Å². The molecule has 0 aromatic heterocycles. The molecule has 0 rings (SSSR count). The normalized spacial score (nSPS) is 11.9. The second kappa shape index (κ2) is 15.5. The molecule has 0 atom stereocenters. The summed E-state index contributed by atoms with van der Waals surface area (Å²) >= 11 is 0. The van der Waals surface area contributed by atoms with E-state index in [-0.39, 0.29) is 0 Å². The van der Waals surface area contributed by atoms with E-state index in [0.717, 1.165) is 6.42 Å². The van der Waals surface area contributed by atoms with Crippen molar-refractivity contribution in [1.29, 1.82) is 0 Å². The fourth-order valence-electron chi connectivity index (χ4n) is 1.83. The average Bonchev–Trinajstić information content (AvgIpc) is 2.35. The van der Waals surface area contributed by atoms with Crippen LogP contribution in [-0.4, -0.2) is 0 Å². The molecule has 0 aromatic carbocycles. The van der Waals surface area contributed by atoms with E-state index in [1.54, 1.807) is 0 Å². The van der Waals surface area contributed by atoms with Gasteiger partial charge >= 0.3 is 0 Å². The van der Waals surface area contributed by atoms with Gasteiger partial charge in [-0.3, -0.25) is 0 Å². The molecule has 0 saturated carbocycles. The summed E-state index contributed by atoms with van der Waals surface area (Å²) in [5.74, 6) is 0. The molecule has 0 aliphatic carbocycles. The van der Waals surface area contributed by atoms with Crippen molar-refractivity contribution in [3.05, 3.63) is 31.2 Å². The highest BCUT2D eigenvalue weighted by molar-refractivity contribution is 5.02. The van der Waals surface area contributed by atoms with E-state index >= 15 is 0 Å². The number of hydrogen-bond donors (Lipinski definition) is 0. The van der Waals surface area contributed by atoms with Crippen LogP contribution in [-0.2, 0) is 0 Å². The number of hydrogen-bond acceptors (Lipinski definition) is 0. The van der Waals surface area contributed by atoms with Crippen LogP contribution in [0.25, 0.3) is 0 Å². The van der Waals surface area contributed by atoms with E-state index in [1.165, 1.54) is 64.2 Å². The average molecular weight is 235 g/mol. The maximum Gasteiger partial charge on any atom is -0.0348 e. The zero-order valence-electron chi connectivity index (χ0n) is 11.8. The molecular formula is C17H31. The molecule has 0 spiro atoms. The molecule has 0 heterocycles. The van der Waals surface area contributed by atoms with E-state index in [4.69, 9.17) is 0 Å². The van der Waals surface area contributed by atoms with Crippen LogP contribution < -0.4 is 0 Å². The fourth-order valence-corrected chi connectivity index (χ4v) is 1.83. The minimum Gasteiger partial charge on any atom is -0.0845 e. The van der Waals surface area contributed by atoms with Gasteiger partial charge in [0.1, 0.15) is 0 Å². The summed E-state index contributed by atoms with van der Waals surface area (Å²) in [6.07, 6.45) is 23.4. The van der Waals surface area contributed by atoms with Crippen LogP contribution in [0.1, 0.15) is 77.6 Å². The van der Waals surface area contributed by atoms with Crippen LogP contribution in [0, 0.1) is 6.92 Å². The summed E-state index contributed by atoms with van der Waals surface area (Å²) in [6, 6.07) is 0. The van der Waals surface area contributed by atoms with Gasteiger partial charge in [-0.1, -0.05) is 83.1 Å². The first-order valence-electron chi connectivity index (χ1n) is 7.52. The highest BCUT2D eigenvalue weighted by Crippen LogP contribution is 2.05. The molecule has 1 radical (unpaired) electrons. The maximum atomic E-state index is 3.86. The van der Waals surface area contributed by atoms with E-state index in [2.05, 4.69) is 38.2 Å². The summed E-state index contributed by atoms with van der Waals surface area (Å²) in [5, 5.41) is 0. The molecule has 0 aromatic rings. The zero-order valence-corrected chi connectivity index (χ0v) is 11.8. The van der Waals surface area contributed by atoms with Crippen molar-refractivity contribution in [2.45, 2.75) is 77.6 Å². The zero-order chi connectivity index (χ0) is 12.6. The topological polar surface area (TPSA) is 0 Å². The molecule has 0 saturated heterocycles. The quantitative estimate of drug-likeness (QED) is 0.277. The van der Waals surface area contributed by atoms with Crippen molar-refractivity contribution in [3.8, 4) is 0 Å². The van der Waals surface area contributed by atoms with Gasteiger partial charge in [-0.25, -0.2) is 0 Å². The SMILES string of the molecule is [CH2]CCCCCC/C=C\C=C\CCCCCC. The Labute approximate surface area is 109 Å². The van der Waals surface area contributed by atoms with Crippen molar-refractivity contribution >= 4 is 0 Å². The highest BCUT2D eigenvalue weighted by Gasteiger charge is 1.86. The van der Waals surface area contributed by atoms with Gasteiger partial charge in [0.15, 0.2) is 0 Å². The third-order valence-electron chi connectivity index (χ3n) is 2.98. The van der Waals surface area contributed by atoms with Crippen molar-refractivity contribution in [1.82, 2.24) is 0 Å². The lowest BCUT2D eigenvalue weighted by molar-refractivity contribution is 0.651. The van der Waals surface area contributed by atoms with Crippen molar-refractivity contribution in [2.24, 2.45) is 0 Å². The summed E-state index contributed by atoms with van der Waals surface area (Å²) in [4.78, 5) is 0. The third-order valence-corrected chi connectivity index (χ3v) is 2.98. The second-order valence-electron chi connectivity index (χ2n) is 4.76. The van der Waals surface area contributed by atoms with E-state index in [0.29, 0.717) is 0 Å². The number of unbranched alkanes of at least 4 members (excludes halogenated alkanes) is 9. The van der Waals surface area contributed by atoms with Gasteiger partial charge < -0.3 is 0 Å². The number of rotatable bonds is 12. The summed E-state index contributed by atoms with van der Waals surface area (Å²) in [6.45, 7) is 6.12. The molecule has 0 aliphatic rings. The van der Waals surface area contributed by atoms with Crippen LogP contribution in [0.3, 0.4) is 0 Å². The van der Waals surface area contributed by atoms with Crippen LogP contribution in [0.2, 0.25) is 0 Å². The van der Waals surface area contributed by atoms with Gasteiger partial charge in [-0.2, -0.15) is 0 Å². The highest BCUT2D eigenvalue weighted by atomic mass is 13.9. The monoisotopic (exact) mass is 235 g/mol. The van der Waals surface area contributed by atoms with E-state index < -0.39 is 0 Å². The van der Waals surface area contributed by atoms with Crippen LogP contribution in [0.4, 0.5) is 0 Å². The molecule has 0 nitrogen and oxygen atoms in total. The molecule has 17 heavy (non-hydrogen) atoms. The van der Waals surface area contributed by atoms with Crippen molar-refractivity contribution in [3.63, 3.8) is 0 Å². The molecule has 0 fully saturated rings. The summed E-state index contributed by atoms with van der Waals surface area (Å²) in [7, 11) is 0. The van der Waals surface area contributed by atoms with E-state index in [9.17, 15) is 0 Å². The molecular weight excluding hydrogens is 204 g/mol. The molecule has 99 valence electrons. The Hall–Kier alpha value is -0.520. The lowest BCUT2D eigenvalue weighted by Crippen LogP contribution is -1.75. The maximum absolute atomic E-state index is 3.86. The summed E-state index contributed by atoms with van der Waals surface area (Å²) in [5.41, 5.74) is 0. The first-order valence-corrected chi connectivity index (χ1v) is 7.52. The molecule has 0 aliphatic heterocycles. The van der Waals surface area contributed by atoms with Gasteiger partial charge in [0, 0.05) is 0 Å². The minimum atomic E-state index is 1.09. The smallest absolute Gasteiger partial charge is 0.0348 e. The standard InChI is InChI=1S/C17H31/c1-3-5-7-9-11-13-15-17-16-14-12-10-8-6-4-2/h14-17H,1,3-13H2,2H3/b16-14+,17-15-. The Kier molecular flexibility index (Phi) is 15.0. The van der Waals surface area contributed by atoms with Crippen molar-refractivity contribution < 1.29 is 0 Å². The fraction of sp³-hybridized carbons (Fsp3) is 0.706. The lowest BCUT2D eigenvalue weighted by atomic mass is 10.1. The molecule has 0 amide bonds. The predicted octanol–water partition coefficient (Wildman–Crippen LogP) is 6.24. The number of allylic oxidation sites excluding steroid dienone is 4. The van der Waals surface area contributed by atoms with Crippen LogP contribution in [0.15, 0.2) is 24.3 Å². The minimum absolute atomic E-state index is 1.09. The van der Waals surface area contributed by atoms with Crippen molar-refractivity contribution in [2.75, 3.05) is 0 Å². The summed E-state index contributed by atoms with van der Waals surface area (Å²) < 4.78 is 0.